The summed E-state index contributed by atoms with van der Waals surface area (Å²) in [5.74, 6) is 6.78. The standard InChI is InChI=1S/C12H21N/c1-5-6-7-13-11-9-12(3,4)8-10(11)2/h10-11,13H,7-9H2,1-4H3. The van der Waals surface area contributed by atoms with E-state index in [0.29, 0.717) is 11.5 Å². The van der Waals surface area contributed by atoms with Crippen molar-refractivity contribution in [1.29, 1.82) is 0 Å². The lowest BCUT2D eigenvalue weighted by atomic mass is 9.91. The molecule has 0 aliphatic heterocycles. The van der Waals surface area contributed by atoms with Gasteiger partial charge in [0, 0.05) is 6.04 Å². The molecule has 0 bridgehead atoms. The molecular weight excluding hydrogens is 158 g/mol. The van der Waals surface area contributed by atoms with Gasteiger partial charge >= 0.3 is 0 Å². The molecule has 1 rings (SSSR count). The Morgan fingerprint density at radius 3 is 2.54 bits per heavy atom. The molecule has 74 valence electrons. The number of nitrogens with one attached hydrogen (secondary N) is 1. The Hall–Kier alpha value is -0.480. The van der Waals surface area contributed by atoms with Crippen molar-refractivity contribution >= 4 is 0 Å². The highest BCUT2D eigenvalue weighted by Gasteiger charge is 2.35. The van der Waals surface area contributed by atoms with E-state index < -0.39 is 0 Å². The molecule has 1 aliphatic rings. The van der Waals surface area contributed by atoms with Crippen molar-refractivity contribution in [3.63, 3.8) is 0 Å². The summed E-state index contributed by atoms with van der Waals surface area (Å²) >= 11 is 0. The van der Waals surface area contributed by atoms with Crippen LogP contribution in [-0.4, -0.2) is 12.6 Å². The molecule has 0 heterocycles. The summed E-state index contributed by atoms with van der Waals surface area (Å²) in [6.45, 7) is 9.80. The molecule has 2 atom stereocenters. The van der Waals surface area contributed by atoms with Crippen molar-refractivity contribution in [3.8, 4) is 11.8 Å². The normalized spacial score (nSPS) is 31.1. The first kappa shape index (κ1) is 10.6. The molecule has 0 saturated heterocycles. The lowest BCUT2D eigenvalue weighted by molar-refractivity contribution is 0.363. The summed E-state index contributed by atoms with van der Waals surface area (Å²) in [6.07, 6.45) is 2.63. The second-order valence-corrected chi connectivity index (χ2v) is 4.96. The lowest BCUT2D eigenvalue weighted by Gasteiger charge is -2.17. The fraction of sp³-hybridized carbons (Fsp3) is 0.833. The van der Waals surface area contributed by atoms with Gasteiger partial charge in [-0.2, -0.15) is 0 Å². The molecule has 1 nitrogen and oxygen atoms in total. The van der Waals surface area contributed by atoms with Crippen molar-refractivity contribution in [2.75, 3.05) is 6.54 Å². The topological polar surface area (TPSA) is 12.0 Å². The quantitative estimate of drug-likeness (QED) is 0.642. The van der Waals surface area contributed by atoms with E-state index in [1.54, 1.807) is 0 Å². The molecular formula is C12H21N. The molecule has 1 N–H and O–H groups in total. The summed E-state index contributed by atoms with van der Waals surface area (Å²) in [5, 5.41) is 3.51. The van der Waals surface area contributed by atoms with Crippen LogP contribution in [0.25, 0.3) is 0 Å². The minimum absolute atomic E-state index is 0.525. The van der Waals surface area contributed by atoms with Crippen LogP contribution in [0.15, 0.2) is 0 Å². The van der Waals surface area contributed by atoms with Crippen LogP contribution in [0.1, 0.15) is 40.5 Å². The van der Waals surface area contributed by atoms with Crippen molar-refractivity contribution in [1.82, 2.24) is 5.32 Å². The van der Waals surface area contributed by atoms with Crippen LogP contribution in [-0.2, 0) is 0 Å². The van der Waals surface area contributed by atoms with E-state index in [2.05, 4.69) is 37.9 Å². The van der Waals surface area contributed by atoms with Gasteiger partial charge in [0.1, 0.15) is 0 Å². The van der Waals surface area contributed by atoms with Crippen LogP contribution in [0.4, 0.5) is 0 Å². The Morgan fingerprint density at radius 2 is 2.08 bits per heavy atom. The van der Waals surface area contributed by atoms with Crippen molar-refractivity contribution in [2.24, 2.45) is 11.3 Å². The molecule has 1 aliphatic carbocycles. The molecule has 0 spiro atoms. The fourth-order valence-electron chi connectivity index (χ4n) is 2.44. The second kappa shape index (κ2) is 4.15. The highest BCUT2D eigenvalue weighted by atomic mass is 14.9. The van der Waals surface area contributed by atoms with Gasteiger partial charge in [-0.25, -0.2) is 0 Å². The van der Waals surface area contributed by atoms with Gasteiger partial charge in [0.15, 0.2) is 0 Å². The highest BCUT2D eigenvalue weighted by molar-refractivity contribution is 5.00. The van der Waals surface area contributed by atoms with E-state index in [1.165, 1.54) is 12.8 Å². The zero-order valence-electron chi connectivity index (χ0n) is 9.28. The van der Waals surface area contributed by atoms with Crippen LogP contribution in [0.5, 0.6) is 0 Å². The summed E-state index contributed by atoms with van der Waals surface area (Å²) < 4.78 is 0. The van der Waals surface area contributed by atoms with Crippen LogP contribution in [0, 0.1) is 23.2 Å². The molecule has 0 radical (unpaired) electrons. The third-order valence-electron chi connectivity index (χ3n) is 2.96. The third-order valence-corrected chi connectivity index (χ3v) is 2.96. The summed E-state index contributed by atoms with van der Waals surface area (Å²) in [4.78, 5) is 0. The largest absolute Gasteiger partial charge is 0.303 e. The van der Waals surface area contributed by atoms with Gasteiger partial charge in [-0.05, 0) is 31.1 Å². The Bertz CT molecular complexity index is 219. The smallest absolute Gasteiger partial charge is 0.0578 e. The van der Waals surface area contributed by atoms with Gasteiger partial charge < -0.3 is 5.32 Å². The van der Waals surface area contributed by atoms with E-state index in [0.717, 1.165) is 12.5 Å². The summed E-state index contributed by atoms with van der Waals surface area (Å²) in [6, 6.07) is 0.677. The van der Waals surface area contributed by atoms with Crippen LogP contribution in [0.2, 0.25) is 0 Å². The zero-order chi connectivity index (χ0) is 9.90. The first-order valence-electron chi connectivity index (χ1n) is 5.18. The molecule has 0 aromatic rings. The average molecular weight is 179 g/mol. The molecule has 0 aromatic carbocycles. The van der Waals surface area contributed by atoms with E-state index in [4.69, 9.17) is 0 Å². The van der Waals surface area contributed by atoms with E-state index in [1.807, 2.05) is 6.92 Å². The maximum atomic E-state index is 3.51. The first-order chi connectivity index (χ1) is 6.05. The summed E-state index contributed by atoms with van der Waals surface area (Å²) in [7, 11) is 0. The van der Waals surface area contributed by atoms with Crippen LogP contribution in [0.3, 0.4) is 0 Å². The Kier molecular flexibility index (Phi) is 3.39. The Morgan fingerprint density at radius 1 is 1.38 bits per heavy atom. The molecule has 0 amide bonds. The minimum Gasteiger partial charge on any atom is -0.303 e. The Balaban J connectivity index is 2.38. The zero-order valence-corrected chi connectivity index (χ0v) is 9.28. The van der Waals surface area contributed by atoms with Crippen molar-refractivity contribution < 1.29 is 0 Å². The summed E-state index contributed by atoms with van der Waals surface area (Å²) in [5.41, 5.74) is 0.525. The SMILES string of the molecule is CC#CCNC1CC(C)(C)CC1C. The number of hydrogen-bond acceptors (Lipinski definition) is 1. The fourth-order valence-corrected chi connectivity index (χ4v) is 2.44. The van der Waals surface area contributed by atoms with Crippen LogP contribution < -0.4 is 5.32 Å². The molecule has 2 unspecified atom stereocenters. The van der Waals surface area contributed by atoms with Gasteiger partial charge in [0.25, 0.3) is 0 Å². The van der Waals surface area contributed by atoms with Crippen LogP contribution >= 0.6 is 0 Å². The Labute approximate surface area is 82.3 Å². The minimum atomic E-state index is 0.525. The molecule has 0 aromatic heterocycles. The predicted molar refractivity (Wildman–Crippen MR) is 57.4 cm³/mol. The van der Waals surface area contributed by atoms with E-state index in [-0.39, 0.29) is 0 Å². The second-order valence-electron chi connectivity index (χ2n) is 4.96. The van der Waals surface area contributed by atoms with Crippen molar-refractivity contribution in [3.05, 3.63) is 0 Å². The van der Waals surface area contributed by atoms with Gasteiger partial charge in [-0.15, -0.1) is 5.92 Å². The lowest BCUT2D eigenvalue weighted by Crippen LogP contribution is -2.31. The molecule has 1 fully saturated rings. The molecule has 13 heavy (non-hydrogen) atoms. The maximum absolute atomic E-state index is 3.51. The molecule has 1 heteroatoms. The van der Waals surface area contributed by atoms with Gasteiger partial charge in [0.2, 0.25) is 0 Å². The number of rotatable bonds is 2. The number of hydrogen-bond donors (Lipinski definition) is 1. The average Bonchev–Trinajstić information content (AvgIpc) is 2.25. The van der Waals surface area contributed by atoms with E-state index in [9.17, 15) is 0 Å². The van der Waals surface area contributed by atoms with Crippen molar-refractivity contribution in [2.45, 2.75) is 46.6 Å². The third kappa shape index (κ3) is 3.04. The molecule has 1 saturated carbocycles. The van der Waals surface area contributed by atoms with E-state index >= 15 is 0 Å². The predicted octanol–water partition coefficient (Wildman–Crippen LogP) is 2.42. The monoisotopic (exact) mass is 179 g/mol. The van der Waals surface area contributed by atoms with Gasteiger partial charge in [-0.1, -0.05) is 26.7 Å². The highest BCUT2D eigenvalue weighted by Crippen LogP contribution is 2.40. The maximum Gasteiger partial charge on any atom is 0.0578 e. The first-order valence-corrected chi connectivity index (χ1v) is 5.18. The van der Waals surface area contributed by atoms with Gasteiger partial charge in [-0.3, -0.25) is 0 Å². The van der Waals surface area contributed by atoms with Gasteiger partial charge in [0.05, 0.1) is 6.54 Å².